The number of nitrogens with zero attached hydrogens (tertiary/aromatic N) is 2. The molecule has 2 aromatic carbocycles. The van der Waals surface area contributed by atoms with Crippen molar-refractivity contribution < 1.29 is 4.39 Å². The van der Waals surface area contributed by atoms with Crippen LogP contribution < -0.4 is 10.2 Å². The number of halogens is 2. The van der Waals surface area contributed by atoms with Crippen molar-refractivity contribution in [2.45, 2.75) is 19.9 Å². The van der Waals surface area contributed by atoms with E-state index < -0.39 is 6.04 Å². The summed E-state index contributed by atoms with van der Waals surface area (Å²) in [5.41, 5.74) is 4.01. The van der Waals surface area contributed by atoms with E-state index in [0.717, 1.165) is 22.5 Å². The second kappa shape index (κ2) is 6.37. The minimum Gasteiger partial charge on any atom is -0.315 e. The molecule has 1 atom stereocenters. The van der Waals surface area contributed by atoms with E-state index in [1.165, 1.54) is 6.07 Å². The summed E-state index contributed by atoms with van der Waals surface area (Å²) in [6.45, 7) is 3.91. The molecule has 1 aromatic heterocycles. The van der Waals surface area contributed by atoms with Gasteiger partial charge in [-0.15, -0.1) is 0 Å². The molecule has 4 rings (SSSR count). The van der Waals surface area contributed by atoms with Crippen LogP contribution in [0.4, 0.5) is 15.9 Å². The van der Waals surface area contributed by atoms with Gasteiger partial charge in [-0.25, -0.2) is 4.39 Å². The van der Waals surface area contributed by atoms with Gasteiger partial charge in [0.05, 0.1) is 6.04 Å². The minimum atomic E-state index is -0.520. The number of hydrogen-bond donors (Lipinski definition) is 2. The second-order valence-electron chi connectivity index (χ2n) is 6.28. The molecule has 1 aliphatic rings. The topological polar surface area (TPSA) is 44.0 Å². The van der Waals surface area contributed by atoms with Crippen LogP contribution >= 0.6 is 23.8 Å². The summed E-state index contributed by atoms with van der Waals surface area (Å²) in [5.74, 6) is 0.219. The number of anilines is 2. The monoisotopic (exact) mass is 386 g/mol. The highest BCUT2D eigenvalue weighted by atomic mass is 35.5. The van der Waals surface area contributed by atoms with Crippen molar-refractivity contribution in [1.29, 1.82) is 0 Å². The van der Waals surface area contributed by atoms with Gasteiger partial charge in [-0.05, 0) is 50.3 Å². The zero-order valence-electron chi connectivity index (χ0n) is 14.2. The molecule has 0 saturated heterocycles. The quantitative estimate of drug-likeness (QED) is 0.599. The van der Waals surface area contributed by atoms with Gasteiger partial charge in [-0.2, -0.15) is 5.10 Å². The van der Waals surface area contributed by atoms with Crippen molar-refractivity contribution in [1.82, 2.24) is 10.2 Å². The summed E-state index contributed by atoms with van der Waals surface area (Å²) < 4.78 is 14.8. The predicted molar refractivity (Wildman–Crippen MR) is 106 cm³/mol. The van der Waals surface area contributed by atoms with E-state index in [1.807, 2.05) is 43.0 Å². The molecule has 0 fully saturated rings. The summed E-state index contributed by atoms with van der Waals surface area (Å²) in [4.78, 5) is 1.88. The first-order valence-corrected chi connectivity index (χ1v) is 8.91. The third-order valence-corrected chi connectivity index (χ3v) is 5.18. The van der Waals surface area contributed by atoms with Gasteiger partial charge in [-0.1, -0.05) is 35.4 Å². The highest BCUT2D eigenvalue weighted by molar-refractivity contribution is 7.80. The van der Waals surface area contributed by atoms with E-state index in [-0.39, 0.29) is 5.82 Å². The summed E-state index contributed by atoms with van der Waals surface area (Å²) >= 11 is 12.0. The minimum absolute atomic E-state index is 0.350. The molecule has 0 bridgehead atoms. The van der Waals surface area contributed by atoms with E-state index in [2.05, 4.69) is 15.5 Å². The highest BCUT2D eigenvalue weighted by Crippen LogP contribution is 2.44. The van der Waals surface area contributed by atoms with Gasteiger partial charge in [0.1, 0.15) is 5.82 Å². The van der Waals surface area contributed by atoms with Crippen molar-refractivity contribution >= 4 is 40.4 Å². The number of hydrogen-bond acceptors (Lipinski definition) is 2. The van der Waals surface area contributed by atoms with Gasteiger partial charge in [0.15, 0.2) is 10.9 Å². The van der Waals surface area contributed by atoms with Gasteiger partial charge < -0.3 is 10.2 Å². The van der Waals surface area contributed by atoms with Gasteiger partial charge in [-0.3, -0.25) is 5.10 Å². The lowest BCUT2D eigenvalue weighted by Gasteiger charge is -2.38. The zero-order valence-corrected chi connectivity index (χ0v) is 15.7. The van der Waals surface area contributed by atoms with Crippen LogP contribution in [0.2, 0.25) is 5.02 Å². The fourth-order valence-corrected chi connectivity index (χ4v) is 3.87. The van der Waals surface area contributed by atoms with Crippen molar-refractivity contribution in [2.75, 3.05) is 10.2 Å². The van der Waals surface area contributed by atoms with Crippen molar-refractivity contribution in [2.24, 2.45) is 0 Å². The summed E-state index contributed by atoms with van der Waals surface area (Å²) in [6, 6.07) is 12.1. The van der Waals surface area contributed by atoms with Crippen LogP contribution in [-0.4, -0.2) is 15.3 Å². The van der Waals surface area contributed by atoms with Crippen LogP contribution in [0.15, 0.2) is 42.5 Å². The van der Waals surface area contributed by atoms with Gasteiger partial charge in [0.25, 0.3) is 0 Å². The largest absolute Gasteiger partial charge is 0.315 e. The number of thiocarbonyl (C=S) groups is 1. The van der Waals surface area contributed by atoms with Gasteiger partial charge in [0, 0.05) is 27.5 Å². The molecular weight excluding hydrogens is 371 g/mol. The molecule has 2 N–H and O–H groups in total. The lowest BCUT2D eigenvalue weighted by Crippen LogP contribution is -2.43. The molecule has 0 amide bonds. The Balaban J connectivity index is 1.99. The summed E-state index contributed by atoms with van der Waals surface area (Å²) in [6.07, 6.45) is 0. The molecule has 26 heavy (non-hydrogen) atoms. The predicted octanol–water partition coefficient (Wildman–Crippen LogP) is 5.13. The van der Waals surface area contributed by atoms with Crippen LogP contribution in [0.3, 0.4) is 0 Å². The first-order valence-electron chi connectivity index (χ1n) is 8.13. The highest BCUT2D eigenvalue weighted by Gasteiger charge is 2.38. The summed E-state index contributed by atoms with van der Waals surface area (Å²) in [5, 5.41) is 11.1. The van der Waals surface area contributed by atoms with E-state index >= 15 is 0 Å². The average molecular weight is 387 g/mol. The number of H-pyrrole nitrogens is 1. The Morgan fingerprint density at radius 1 is 1.12 bits per heavy atom. The van der Waals surface area contributed by atoms with E-state index in [9.17, 15) is 4.39 Å². The lowest BCUT2D eigenvalue weighted by molar-refractivity contribution is 0.598. The van der Waals surface area contributed by atoms with Gasteiger partial charge >= 0.3 is 0 Å². The van der Waals surface area contributed by atoms with Crippen LogP contribution in [0.25, 0.3) is 0 Å². The van der Waals surface area contributed by atoms with Crippen LogP contribution in [-0.2, 0) is 0 Å². The standard InChI is InChI=1S/C19H16ClFN4S/c1-10-6-8-12(9-7-10)25-17(16-13(20)4-3-5-14(16)21)15-11(2)23-24-18(15)22-19(25)26/h3-9,17H,1-2H3,(H2,22,23,24,26). The second-order valence-corrected chi connectivity index (χ2v) is 7.08. The van der Waals surface area contributed by atoms with Crippen molar-refractivity contribution in [3.63, 3.8) is 0 Å². The van der Waals surface area contributed by atoms with Crippen LogP contribution in [0.1, 0.15) is 28.4 Å². The zero-order chi connectivity index (χ0) is 18.4. The molecule has 4 nitrogen and oxygen atoms in total. The molecule has 0 spiro atoms. The fraction of sp³-hybridized carbons (Fsp3) is 0.158. The molecule has 0 saturated carbocycles. The Morgan fingerprint density at radius 2 is 1.85 bits per heavy atom. The Labute approximate surface area is 161 Å². The van der Waals surface area contributed by atoms with E-state index in [0.29, 0.717) is 21.5 Å². The molecule has 0 radical (unpaired) electrons. The number of benzene rings is 2. The SMILES string of the molecule is Cc1ccc(N2C(=S)Nc3n[nH]c(C)c3C2c2c(F)cccc2Cl)cc1. The molecule has 1 unspecified atom stereocenters. The number of fused-ring (bicyclic) bond motifs is 1. The Kier molecular flexibility index (Phi) is 4.17. The number of aromatic amines is 1. The summed E-state index contributed by atoms with van der Waals surface area (Å²) in [7, 11) is 0. The lowest BCUT2D eigenvalue weighted by atomic mass is 9.94. The molecule has 0 aliphatic carbocycles. The molecule has 7 heteroatoms. The average Bonchev–Trinajstić information content (AvgIpc) is 2.96. The van der Waals surface area contributed by atoms with Crippen molar-refractivity contribution in [3.8, 4) is 0 Å². The first kappa shape index (κ1) is 17.0. The Morgan fingerprint density at radius 3 is 2.54 bits per heavy atom. The van der Waals surface area contributed by atoms with Crippen molar-refractivity contribution in [3.05, 3.63) is 75.7 Å². The Bertz CT molecular complexity index is 979. The number of aryl methyl sites for hydroxylation is 2. The molecule has 132 valence electrons. The van der Waals surface area contributed by atoms with Crippen LogP contribution in [0.5, 0.6) is 0 Å². The normalized spacial score (nSPS) is 16.4. The molecular formula is C19H16ClFN4S. The molecule has 3 aromatic rings. The van der Waals surface area contributed by atoms with E-state index in [4.69, 9.17) is 23.8 Å². The fourth-order valence-electron chi connectivity index (χ4n) is 3.29. The van der Waals surface area contributed by atoms with Crippen LogP contribution in [0, 0.1) is 19.7 Å². The number of aromatic nitrogens is 2. The maximum Gasteiger partial charge on any atom is 0.180 e. The molecule has 1 aliphatic heterocycles. The maximum atomic E-state index is 14.8. The Hall–Kier alpha value is -2.44. The van der Waals surface area contributed by atoms with Gasteiger partial charge in [0.2, 0.25) is 0 Å². The third-order valence-electron chi connectivity index (χ3n) is 4.56. The smallest absolute Gasteiger partial charge is 0.180 e. The number of rotatable bonds is 2. The first-order chi connectivity index (χ1) is 12.5. The maximum absolute atomic E-state index is 14.8. The number of nitrogens with one attached hydrogen (secondary N) is 2. The third kappa shape index (κ3) is 2.66. The molecule has 2 heterocycles. The van der Waals surface area contributed by atoms with E-state index in [1.54, 1.807) is 12.1 Å².